The van der Waals surface area contributed by atoms with E-state index in [-0.39, 0.29) is 5.38 Å². The summed E-state index contributed by atoms with van der Waals surface area (Å²) in [4.78, 5) is 0. The van der Waals surface area contributed by atoms with Crippen LogP contribution in [0.2, 0.25) is 0 Å². The zero-order valence-electron chi connectivity index (χ0n) is 4.77. The summed E-state index contributed by atoms with van der Waals surface area (Å²) in [6.45, 7) is 0. The fraction of sp³-hybridized carbons (Fsp3) is 0.333. The van der Waals surface area contributed by atoms with Gasteiger partial charge in [0.1, 0.15) is 0 Å². The van der Waals surface area contributed by atoms with Crippen LogP contribution in [0.3, 0.4) is 0 Å². The lowest BCUT2D eigenvalue weighted by Gasteiger charge is -2.09. The van der Waals surface area contributed by atoms with Crippen molar-refractivity contribution >= 4 is 23.2 Å². The van der Waals surface area contributed by atoms with Crippen LogP contribution in [0, 0.1) is 0 Å². The number of rotatable bonds is 0. The number of hydrogen-bond acceptors (Lipinski definition) is 1. The van der Waals surface area contributed by atoms with Crippen molar-refractivity contribution < 1.29 is 0 Å². The maximum atomic E-state index is 5.72. The Bertz CT molecular complexity index is 172. The van der Waals surface area contributed by atoms with E-state index in [9.17, 15) is 0 Å². The van der Waals surface area contributed by atoms with Crippen LogP contribution in [0.5, 0.6) is 0 Å². The summed E-state index contributed by atoms with van der Waals surface area (Å²) in [6, 6.07) is 0. The van der Waals surface area contributed by atoms with Crippen LogP contribution in [-0.4, -0.2) is 5.38 Å². The van der Waals surface area contributed by atoms with Gasteiger partial charge in [-0.2, -0.15) is 0 Å². The Hall–Kier alpha value is -0.140. The van der Waals surface area contributed by atoms with Crippen molar-refractivity contribution in [1.82, 2.24) is 0 Å². The molecular formula is C6H7Cl2N. The standard InChI is InChI=1S/C6H7Cl2N/c7-4-1-2-6(9)5(8)3-4/h1-2,4H,3,9H2. The van der Waals surface area contributed by atoms with E-state index in [1.807, 2.05) is 6.08 Å². The maximum Gasteiger partial charge on any atom is 0.0569 e. The fourth-order valence-corrected chi connectivity index (χ4v) is 1.19. The van der Waals surface area contributed by atoms with E-state index in [0.29, 0.717) is 17.2 Å². The molecule has 0 amide bonds. The average Bonchev–Trinajstić information content (AvgIpc) is 1.80. The smallest absolute Gasteiger partial charge is 0.0569 e. The van der Waals surface area contributed by atoms with Crippen molar-refractivity contribution in [3.8, 4) is 0 Å². The van der Waals surface area contributed by atoms with Crippen molar-refractivity contribution in [3.05, 3.63) is 22.9 Å². The van der Waals surface area contributed by atoms with Gasteiger partial charge >= 0.3 is 0 Å². The molecule has 0 saturated heterocycles. The van der Waals surface area contributed by atoms with Crippen molar-refractivity contribution in [3.63, 3.8) is 0 Å². The highest BCUT2D eigenvalue weighted by molar-refractivity contribution is 6.31. The molecule has 0 aromatic carbocycles. The first-order valence-electron chi connectivity index (χ1n) is 2.66. The fourth-order valence-electron chi connectivity index (χ4n) is 0.656. The van der Waals surface area contributed by atoms with Gasteiger partial charge in [0.2, 0.25) is 0 Å². The van der Waals surface area contributed by atoms with E-state index in [4.69, 9.17) is 28.9 Å². The van der Waals surface area contributed by atoms with Crippen LogP contribution >= 0.6 is 23.2 Å². The quantitative estimate of drug-likeness (QED) is 0.544. The molecule has 1 unspecified atom stereocenters. The predicted octanol–water partition coefficient (Wildman–Crippen LogP) is 1.96. The Morgan fingerprint density at radius 3 is 2.78 bits per heavy atom. The average molecular weight is 164 g/mol. The number of allylic oxidation sites excluding steroid dienone is 3. The highest BCUT2D eigenvalue weighted by atomic mass is 35.5. The summed E-state index contributed by atoms with van der Waals surface area (Å²) in [5.74, 6) is 0. The van der Waals surface area contributed by atoms with Crippen LogP contribution in [0.15, 0.2) is 22.9 Å². The zero-order valence-corrected chi connectivity index (χ0v) is 6.28. The third-order valence-electron chi connectivity index (χ3n) is 1.17. The van der Waals surface area contributed by atoms with Gasteiger partial charge in [-0.15, -0.1) is 11.6 Å². The minimum Gasteiger partial charge on any atom is -0.398 e. The third kappa shape index (κ3) is 1.63. The Kier molecular flexibility index (Phi) is 2.04. The second-order valence-corrected chi connectivity index (χ2v) is 2.96. The summed E-state index contributed by atoms with van der Waals surface area (Å²) < 4.78 is 0. The Morgan fingerprint density at radius 2 is 2.33 bits per heavy atom. The normalized spacial score (nSPS) is 27.1. The van der Waals surface area contributed by atoms with Gasteiger partial charge in [0, 0.05) is 17.2 Å². The molecule has 0 fully saturated rings. The largest absolute Gasteiger partial charge is 0.398 e. The van der Waals surface area contributed by atoms with Crippen molar-refractivity contribution in [2.24, 2.45) is 5.73 Å². The first-order chi connectivity index (χ1) is 4.20. The maximum absolute atomic E-state index is 5.72. The lowest BCUT2D eigenvalue weighted by Crippen LogP contribution is -2.06. The SMILES string of the molecule is NC1=C(Cl)CC(Cl)C=C1. The monoisotopic (exact) mass is 163 g/mol. The molecule has 50 valence electrons. The first kappa shape index (κ1) is 6.97. The summed E-state index contributed by atoms with van der Waals surface area (Å²) >= 11 is 11.4. The molecule has 2 N–H and O–H groups in total. The van der Waals surface area contributed by atoms with Crippen molar-refractivity contribution in [1.29, 1.82) is 0 Å². The third-order valence-corrected chi connectivity index (χ3v) is 1.84. The molecular weight excluding hydrogens is 157 g/mol. The van der Waals surface area contributed by atoms with Crippen molar-refractivity contribution in [2.75, 3.05) is 0 Å². The van der Waals surface area contributed by atoms with Crippen LogP contribution in [0.1, 0.15) is 6.42 Å². The summed E-state index contributed by atoms with van der Waals surface area (Å²) in [7, 11) is 0. The highest BCUT2D eigenvalue weighted by Gasteiger charge is 2.09. The molecule has 9 heavy (non-hydrogen) atoms. The van der Waals surface area contributed by atoms with E-state index in [1.165, 1.54) is 0 Å². The van der Waals surface area contributed by atoms with Gasteiger partial charge in [0.15, 0.2) is 0 Å². The lowest BCUT2D eigenvalue weighted by molar-refractivity contribution is 0.997. The molecule has 0 radical (unpaired) electrons. The molecule has 1 aliphatic carbocycles. The predicted molar refractivity (Wildman–Crippen MR) is 40.5 cm³/mol. The van der Waals surface area contributed by atoms with E-state index >= 15 is 0 Å². The highest BCUT2D eigenvalue weighted by Crippen LogP contribution is 2.22. The lowest BCUT2D eigenvalue weighted by atomic mass is 10.1. The van der Waals surface area contributed by atoms with Gasteiger partial charge in [-0.05, 0) is 6.08 Å². The molecule has 0 aliphatic heterocycles. The van der Waals surface area contributed by atoms with E-state index < -0.39 is 0 Å². The van der Waals surface area contributed by atoms with Gasteiger partial charge in [-0.1, -0.05) is 17.7 Å². The molecule has 0 heterocycles. The van der Waals surface area contributed by atoms with Gasteiger partial charge in [0.25, 0.3) is 0 Å². The molecule has 0 aromatic rings. The molecule has 0 saturated carbocycles. The number of alkyl halides is 1. The molecule has 3 heteroatoms. The van der Waals surface area contributed by atoms with E-state index in [2.05, 4.69) is 0 Å². The Labute approximate surface area is 64.1 Å². The molecule has 0 aromatic heterocycles. The number of hydrogen-bond donors (Lipinski definition) is 1. The molecule has 1 nitrogen and oxygen atoms in total. The minimum atomic E-state index is 0.0183. The van der Waals surface area contributed by atoms with Crippen LogP contribution in [0.4, 0.5) is 0 Å². The molecule has 0 spiro atoms. The van der Waals surface area contributed by atoms with Crippen LogP contribution < -0.4 is 5.73 Å². The van der Waals surface area contributed by atoms with Gasteiger partial charge in [0.05, 0.1) is 5.38 Å². The Balaban J connectivity index is 2.75. The van der Waals surface area contributed by atoms with Gasteiger partial charge in [-0.3, -0.25) is 0 Å². The second-order valence-electron chi connectivity index (χ2n) is 1.94. The van der Waals surface area contributed by atoms with Crippen LogP contribution in [-0.2, 0) is 0 Å². The van der Waals surface area contributed by atoms with E-state index in [1.54, 1.807) is 6.08 Å². The molecule has 1 rings (SSSR count). The first-order valence-corrected chi connectivity index (χ1v) is 3.48. The second kappa shape index (κ2) is 2.63. The van der Waals surface area contributed by atoms with Crippen LogP contribution in [0.25, 0.3) is 0 Å². The van der Waals surface area contributed by atoms with Crippen molar-refractivity contribution in [2.45, 2.75) is 11.8 Å². The van der Waals surface area contributed by atoms with E-state index in [0.717, 1.165) is 0 Å². The molecule has 0 bridgehead atoms. The van der Waals surface area contributed by atoms with Gasteiger partial charge < -0.3 is 5.73 Å². The number of nitrogens with two attached hydrogens (primary N) is 1. The summed E-state index contributed by atoms with van der Waals surface area (Å²) in [6.07, 6.45) is 4.23. The molecule has 1 aliphatic rings. The summed E-state index contributed by atoms with van der Waals surface area (Å²) in [5, 5.41) is 0.683. The molecule has 1 atom stereocenters. The topological polar surface area (TPSA) is 26.0 Å². The van der Waals surface area contributed by atoms with Gasteiger partial charge in [-0.25, -0.2) is 0 Å². The zero-order chi connectivity index (χ0) is 6.85. The minimum absolute atomic E-state index is 0.0183. The summed E-state index contributed by atoms with van der Waals surface area (Å²) in [5.41, 5.74) is 6.08. The Morgan fingerprint density at radius 1 is 1.67 bits per heavy atom. The number of halogens is 2.